The second-order valence-corrected chi connectivity index (χ2v) is 30.3. The molecule has 0 radical (unpaired) electrons. The van der Waals surface area contributed by atoms with Gasteiger partial charge in [-0.05, 0) is 103 Å². The zero-order valence-corrected chi connectivity index (χ0v) is 68.4. The quantitative estimate of drug-likeness (QED) is 0.0199. The molecule has 19 heteroatoms. The molecule has 3 rings (SSSR count). The van der Waals surface area contributed by atoms with Gasteiger partial charge in [-0.15, -0.1) is 0 Å². The van der Waals surface area contributed by atoms with Crippen molar-refractivity contribution in [3.8, 4) is 0 Å². The highest BCUT2D eigenvalue weighted by molar-refractivity contribution is 5.76. The molecule has 0 spiro atoms. The summed E-state index contributed by atoms with van der Waals surface area (Å²) in [5.41, 5.74) is 0. The lowest BCUT2D eigenvalue weighted by atomic mass is 9.96. The first-order valence-electron chi connectivity index (χ1n) is 43.6. The van der Waals surface area contributed by atoms with E-state index in [1.807, 2.05) is 0 Å². The average Bonchev–Trinajstić information content (AvgIpc) is 0.780. The molecule has 636 valence electrons. The van der Waals surface area contributed by atoms with Crippen LogP contribution < -0.4 is 5.32 Å². The van der Waals surface area contributed by atoms with Crippen LogP contribution in [0.5, 0.6) is 0 Å². The van der Waals surface area contributed by atoms with Gasteiger partial charge in [0, 0.05) is 6.42 Å². The molecule has 12 N–H and O–H groups in total. The molecule has 17 atom stereocenters. The first-order chi connectivity index (χ1) is 54.3. The fourth-order valence-corrected chi connectivity index (χ4v) is 13.8. The molecule has 3 heterocycles. The Labute approximate surface area is 670 Å². The monoisotopic (exact) mass is 1560 g/mol. The van der Waals surface area contributed by atoms with E-state index in [-0.39, 0.29) is 18.9 Å². The van der Waals surface area contributed by atoms with Crippen LogP contribution in [0.4, 0.5) is 0 Å². The topological polar surface area (TPSA) is 307 Å². The highest BCUT2D eigenvalue weighted by atomic mass is 16.8. The van der Waals surface area contributed by atoms with Gasteiger partial charge in [0.25, 0.3) is 0 Å². The molecular weight excluding hydrogens is 1410 g/mol. The van der Waals surface area contributed by atoms with Gasteiger partial charge in [-0.1, -0.05) is 333 Å². The Morgan fingerprint density at radius 2 is 0.622 bits per heavy atom. The lowest BCUT2D eigenvalue weighted by molar-refractivity contribution is -0.379. The number of unbranched alkanes of at least 4 members (excludes halogenated alkanes) is 28. The number of hydrogen-bond donors (Lipinski definition) is 12. The number of carbonyl (C=O) groups excluding carboxylic acids is 1. The Morgan fingerprint density at radius 3 is 0.973 bits per heavy atom. The first kappa shape index (κ1) is 101. The Kier molecular flexibility index (Phi) is 63.5. The van der Waals surface area contributed by atoms with Crippen molar-refractivity contribution in [1.29, 1.82) is 0 Å². The van der Waals surface area contributed by atoms with Crippen LogP contribution in [-0.2, 0) is 33.2 Å². The highest BCUT2D eigenvalue weighted by Gasteiger charge is 2.54. The second kappa shape index (κ2) is 69.9. The van der Waals surface area contributed by atoms with E-state index in [2.05, 4.69) is 165 Å². The third-order valence-electron chi connectivity index (χ3n) is 20.7. The van der Waals surface area contributed by atoms with E-state index in [4.69, 9.17) is 28.4 Å². The second-order valence-electron chi connectivity index (χ2n) is 30.3. The van der Waals surface area contributed by atoms with Crippen LogP contribution >= 0.6 is 0 Å². The summed E-state index contributed by atoms with van der Waals surface area (Å²) >= 11 is 0. The van der Waals surface area contributed by atoms with E-state index in [1.165, 1.54) is 135 Å². The maximum atomic E-state index is 13.5. The Balaban J connectivity index is 1.35. The van der Waals surface area contributed by atoms with Gasteiger partial charge < -0.3 is 89.9 Å². The molecule has 0 aromatic carbocycles. The number of amides is 1. The molecule has 19 nitrogen and oxygen atoms in total. The summed E-state index contributed by atoms with van der Waals surface area (Å²) in [7, 11) is 0. The van der Waals surface area contributed by atoms with Gasteiger partial charge in [-0.2, -0.15) is 0 Å². The normalized spacial score (nSPS) is 25.8. The van der Waals surface area contributed by atoms with Gasteiger partial charge in [0.15, 0.2) is 18.9 Å². The maximum absolute atomic E-state index is 13.5. The molecule has 3 saturated heterocycles. The molecule has 3 fully saturated rings. The van der Waals surface area contributed by atoms with Crippen molar-refractivity contribution in [3.05, 3.63) is 146 Å². The molecular formula is C92H155NO18. The fourth-order valence-electron chi connectivity index (χ4n) is 13.8. The summed E-state index contributed by atoms with van der Waals surface area (Å²) in [5.74, 6) is -0.270. The summed E-state index contributed by atoms with van der Waals surface area (Å²) in [4.78, 5) is 13.5. The zero-order valence-electron chi connectivity index (χ0n) is 68.4. The lowest BCUT2D eigenvalue weighted by Gasteiger charge is -2.48. The summed E-state index contributed by atoms with van der Waals surface area (Å²) < 4.78 is 34.5. The van der Waals surface area contributed by atoms with Crippen molar-refractivity contribution in [2.45, 2.75) is 401 Å². The standard InChI is InChI=1S/C92H155NO18/c1-3-5-7-9-11-13-15-17-19-21-23-25-27-29-30-31-32-33-34-35-36-37-38-39-40-41-42-43-44-46-48-50-52-54-56-58-60-62-64-66-68-70-80(98)93-75(76(97)69-67-65-63-61-59-57-55-53-51-49-47-45-28-26-24-22-20-18-16-14-12-10-8-6-4-2)74-106-90-86(104)83(101)88(78(72-95)108-90)111-92-87(105)84(102)89(79(73-96)109-92)110-91-85(103)82(100)81(99)77(71-94)107-91/h5,7,11,13,17,19,23,25,29-30,32-33,35-36,38-39,41-42,44,46,50,52,56,58,75-79,81-92,94-97,99-105H,3-4,6,8-10,12,14-16,18,20-22,24,26-28,31,34,37,40,43,45,47-49,51,53-55,57,59-74H2,1-2H3,(H,93,98)/b7-5-,13-11-,19-17-,25-23-,30-29-,33-32-,36-35-,39-38-,42-41-,46-44-,52-50-,58-56-. The van der Waals surface area contributed by atoms with Crippen LogP contribution in [0.1, 0.15) is 296 Å². The number of hydrogen-bond acceptors (Lipinski definition) is 18. The van der Waals surface area contributed by atoms with Gasteiger partial charge in [-0.25, -0.2) is 0 Å². The minimum absolute atomic E-state index is 0.228. The predicted octanol–water partition coefficient (Wildman–Crippen LogP) is 16.2. The van der Waals surface area contributed by atoms with Gasteiger partial charge in [-0.3, -0.25) is 4.79 Å². The zero-order chi connectivity index (χ0) is 80.3. The smallest absolute Gasteiger partial charge is 0.220 e. The average molecular weight is 1560 g/mol. The highest BCUT2D eigenvalue weighted by Crippen LogP contribution is 2.33. The molecule has 1 amide bonds. The first-order valence-corrected chi connectivity index (χ1v) is 43.6. The molecule has 3 aliphatic rings. The third kappa shape index (κ3) is 48.7. The summed E-state index contributed by atoms with van der Waals surface area (Å²) in [5, 5.41) is 121. The lowest BCUT2D eigenvalue weighted by Crippen LogP contribution is -2.66. The van der Waals surface area contributed by atoms with Crippen molar-refractivity contribution < 1.29 is 89.4 Å². The number of allylic oxidation sites excluding steroid dienone is 24. The van der Waals surface area contributed by atoms with Crippen molar-refractivity contribution >= 4 is 5.91 Å². The van der Waals surface area contributed by atoms with E-state index in [0.717, 1.165) is 122 Å². The number of aliphatic hydroxyl groups excluding tert-OH is 11. The van der Waals surface area contributed by atoms with Crippen LogP contribution in [-0.4, -0.2) is 193 Å². The largest absolute Gasteiger partial charge is 0.394 e. The fraction of sp³-hybridized carbons (Fsp3) is 0.728. The van der Waals surface area contributed by atoms with Gasteiger partial charge in [0.2, 0.25) is 5.91 Å². The summed E-state index contributed by atoms with van der Waals surface area (Å²) in [6, 6.07) is -0.914. The number of nitrogens with one attached hydrogen (secondary N) is 1. The number of ether oxygens (including phenoxy) is 6. The molecule has 0 aliphatic carbocycles. The summed E-state index contributed by atoms with van der Waals surface area (Å²) in [6.45, 7) is 1.69. The Bertz CT molecular complexity index is 2580. The van der Waals surface area contributed by atoms with Gasteiger partial charge >= 0.3 is 0 Å². The summed E-state index contributed by atoms with van der Waals surface area (Å²) in [6.07, 6.45) is 75.0. The Morgan fingerprint density at radius 1 is 0.333 bits per heavy atom. The van der Waals surface area contributed by atoms with Gasteiger partial charge in [0.05, 0.1) is 38.6 Å². The van der Waals surface area contributed by atoms with E-state index in [9.17, 15) is 61.0 Å². The molecule has 0 bridgehead atoms. The van der Waals surface area contributed by atoms with Gasteiger partial charge in [0.1, 0.15) is 73.2 Å². The molecule has 111 heavy (non-hydrogen) atoms. The van der Waals surface area contributed by atoms with Crippen LogP contribution in [0.2, 0.25) is 0 Å². The van der Waals surface area contributed by atoms with Crippen LogP contribution in [0.15, 0.2) is 146 Å². The van der Waals surface area contributed by atoms with Crippen LogP contribution in [0.3, 0.4) is 0 Å². The molecule has 17 unspecified atom stereocenters. The number of carbonyl (C=O) groups is 1. The minimum Gasteiger partial charge on any atom is -0.394 e. The molecule has 0 aromatic rings. The minimum atomic E-state index is -1.98. The van der Waals surface area contributed by atoms with Crippen LogP contribution in [0, 0.1) is 0 Å². The number of aliphatic hydroxyl groups is 11. The molecule has 3 aliphatic heterocycles. The predicted molar refractivity (Wildman–Crippen MR) is 447 cm³/mol. The van der Waals surface area contributed by atoms with E-state index < -0.39 is 124 Å². The van der Waals surface area contributed by atoms with E-state index in [0.29, 0.717) is 19.3 Å². The van der Waals surface area contributed by atoms with E-state index >= 15 is 0 Å². The van der Waals surface area contributed by atoms with Crippen molar-refractivity contribution in [3.63, 3.8) is 0 Å². The Hall–Kier alpha value is -4.33. The molecule has 0 aromatic heterocycles. The number of rotatable bonds is 68. The van der Waals surface area contributed by atoms with Crippen molar-refractivity contribution in [2.24, 2.45) is 0 Å². The SMILES string of the molecule is CC/C=C\C/C=C\C/C=C\C/C=C\C/C=C\C/C=C\C/C=C\C/C=C\C/C=C\C/C=C\C/C=C\C/C=C\CCCCCCC(=O)NC(COC1OC(CO)C(OC2OC(CO)C(OC3OC(CO)C(O)C(O)C3O)C(O)C2O)C(O)C1O)C(O)CCCCCCCCCCCCCCCCCCCCCCCCCCC. The van der Waals surface area contributed by atoms with E-state index in [1.54, 1.807) is 0 Å². The maximum Gasteiger partial charge on any atom is 0.220 e. The third-order valence-corrected chi connectivity index (χ3v) is 20.7. The van der Waals surface area contributed by atoms with Crippen molar-refractivity contribution in [1.82, 2.24) is 5.32 Å². The molecule has 0 saturated carbocycles. The van der Waals surface area contributed by atoms with Crippen LogP contribution in [0.25, 0.3) is 0 Å². The van der Waals surface area contributed by atoms with Crippen molar-refractivity contribution in [2.75, 3.05) is 26.4 Å².